The highest BCUT2D eigenvalue weighted by atomic mass is 79.9. The number of carbonyl (C=O) groups excluding carboxylic acids is 2. The van der Waals surface area contributed by atoms with Gasteiger partial charge in [0.15, 0.2) is 18.1 Å². The van der Waals surface area contributed by atoms with Crippen LogP contribution in [-0.2, 0) is 4.79 Å². The number of hydrogen-bond donors (Lipinski definition) is 2. The third-order valence-electron chi connectivity index (χ3n) is 2.85. The first-order chi connectivity index (χ1) is 11.1. The molecule has 0 bridgehead atoms. The molecular formula is C16H15BrN2O4. The van der Waals surface area contributed by atoms with Gasteiger partial charge in [-0.3, -0.25) is 20.4 Å². The summed E-state index contributed by atoms with van der Waals surface area (Å²) in [6.45, 7) is -0.249. The SMILES string of the molecule is COc1ccccc1OCC(=O)NNC(=O)c1ccc(Br)cc1. The van der Waals surface area contributed by atoms with E-state index in [2.05, 4.69) is 26.8 Å². The van der Waals surface area contributed by atoms with Crippen LogP contribution in [0.4, 0.5) is 0 Å². The first-order valence-electron chi connectivity index (χ1n) is 6.70. The zero-order valence-corrected chi connectivity index (χ0v) is 13.9. The average molecular weight is 379 g/mol. The van der Waals surface area contributed by atoms with Crippen LogP contribution in [0.1, 0.15) is 10.4 Å². The van der Waals surface area contributed by atoms with E-state index >= 15 is 0 Å². The summed E-state index contributed by atoms with van der Waals surface area (Å²) in [7, 11) is 1.51. The van der Waals surface area contributed by atoms with Crippen molar-refractivity contribution in [3.8, 4) is 11.5 Å². The van der Waals surface area contributed by atoms with Gasteiger partial charge >= 0.3 is 0 Å². The molecule has 0 aliphatic heterocycles. The monoisotopic (exact) mass is 378 g/mol. The Labute approximate surface area is 141 Å². The van der Waals surface area contributed by atoms with Crippen molar-refractivity contribution in [3.05, 3.63) is 58.6 Å². The smallest absolute Gasteiger partial charge is 0.276 e. The van der Waals surface area contributed by atoms with Crippen LogP contribution in [0.25, 0.3) is 0 Å². The van der Waals surface area contributed by atoms with E-state index in [1.807, 2.05) is 0 Å². The number of rotatable bonds is 5. The molecule has 0 atom stereocenters. The zero-order chi connectivity index (χ0) is 16.7. The standard InChI is InChI=1S/C16H15BrN2O4/c1-22-13-4-2-3-5-14(13)23-10-15(20)18-19-16(21)11-6-8-12(17)9-7-11/h2-9H,10H2,1H3,(H,18,20)(H,19,21). The van der Waals surface area contributed by atoms with Gasteiger partial charge in [0.25, 0.3) is 11.8 Å². The summed E-state index contributed by atoms with van der Waals surface area (Å²) in [5.41, 5.74) is 5.04. The Morgan fingerprint density at radius 1 is 1.00 bits per heavy atom. The molecule has 2 rings (SSSR count). The molecule has 2 N–H and O–H groups in total. The highest BCUT2D eigenvalue weighted by Gasteiger charge is 2.09. The molecule has 2 aromatic rings. The number of hydrazine groups is 1. The van der Waals surface area contributed by atoms with Crippen LogP contribution in [0.5, 0.6) is 11.5 Å². The minimum Gasteiger partial charge on any atom is -0.493 e. The van der Waals surface area contributed by atoms with Crippen molar-refractivity contribution in [3.63, 3.8) is 0 Å². The summed E-state index contributed by atoms with van der Waals surface area (Å²) in [5.74, 6) is 0.0769. The Morgan fingerprint density at radius 2 is 1.65 bits per heavy atom. The van der Waals surface area contributed by atoms with E-state index in [-0.39, 0.29) is 6.61 Å². The maximum Gasteiger partial charge on any atom is 0.276 e. The average Bonchev–Trinajstić information content (AvgIpc) is 2.58. The van der Waals surface area contributed by atoms with E-state index in [0.717, 1.165) is 4.47 Å². The van der Waals surface area contributed by atoms with Crippen molar-refractivity contribution in [2.45, 2.75) is 0 Å². The maximum absolute atomic E-state index is 11.8. The summed E-state index contributed by atoms with van der Waals surface area (Å²) < 4.78 is 11.3. The number of nitrogens with one attached hydrogen (secondary N) is 2. The first kappa shape index (κ1) is 16.8. The molecule has 0 aliphatic rings. The summed E-state index contributed by atoms with van der Waals surface area (Å²) in [4.78, 5) is 23.5. The van der Waals surface area contributed by atoms with Gasteiger partial charge in [0.2, 0.25) is 0 Å². The lowest BCUT2D eigenvalue weighted by molar-refractivity contribution is -0.123. The van der Waals surface area contributed by atoms with Gasteiger partial charge in [-0.2, -0.15) is 0 Å². The Balaban J connectivity index is 1.81. The van der Waals surface area contributed by atoms with E-state index in [1.54, 1.807) is 48.5 Å². The van der Waals surface area contributed by atoms with E-state index in [1.165, 1.54) is 7.11 Å². The molecule has 0 saturated heterocycles. The zero-order valence-electron chi connectivity index (χ0n) is 12.3. The number of amides is 2. The van der Waals surface area contributed by atoms with Gasteiger partial charge in [-0.05, 0) is 36.4 Å². The summed E-state index contributed by atoms with van der Waals surface area (Å²) in [5, 5.41) is 0. The van der Waals surface area contributed by atoms with E-state index in [9.17, 15) is 9.59 Å². The van der Waals surface area contributed by atoms with Crippen molar-refractivity contribution in [2.24, 2.45) is 0 Å². The molecular weight excluding hydrogens is 364 g/mol. The van der Waals surface area contributed by atoms with Gasteiger partial charge in [-0.1, -0.05) is 28.1 Å². The lowest BCUT2D eigenvalue weighted by Gasteiger charge is -2.11. The molecule has 0 spiro atoms. The summed E-state index contributed by atoms with van der Waals surface area (Å²) >= 11 is 3.28. The van der Waals surface area contributed by atoms with Crippen LogP contribution < -0.4 is 20.3 Å². The van der Waals surface area contributed by atoms with Crippen molar-refractivity contribution < 1.29 is 19.1 Å². The number of ether oxygens (including phenoxy) is 2. The fourth-order valence-corrected chi connectivity index (χ4v) is 1.98. The van der Waals surface area contributed by atoms with Crippen molar-refractivity contribution >= 4 is 27.7 Å². The lowest BCUT2D eigenvalue weighted by atomic mass is 10.2. The fraction of sp³-hybridized carbons (Fsp3) is 0.125. The largest absolute Gasteiger partial charge is 0.493 e. The Kier molecular flexibility index (Phi) is 5.99. The molecule has 7 heteroatoms. The first-order valence-corrected chi connectivity index (χ1v) is 7.50. The number of halogens is 1. The normalized spacial score (nSPS) is 9.83. The molecule has 0 aromatic heterocycles. The molecule has 6 nitrogen and oxygen atoms in total. The summed E-state index contributed by atoms with van der Waals surface area (Å²) in [6.07, 6.45) is 0. The van der Waals surface area contributed by atoms with Gasteiger partial charge in [-0.25, -0.2) is 0 Å². The van der Waals surface area contributed by atoms with Gasteiger partial charge in [0.05, 0.1) is 7.11 Å². The quantitative estimate of drug-likeness (QED) is 0.782. The second kappa shape index (κ2) is 8.19. The van der Waals surface area contributed by atoms with E-state index < -0.39 is 11.8 Å². The lowest BCUT2D eigenvalue weighted by Crippen LogP contribution is -2.43. The van der Waals surface area contributed by atoms with Crippen molar-refractivity contribution in [1.82, 2.24) is 10.9 Å². The van der Waals surface area contributed by atoms with Gasteiger partial charge < -0.3 is 9.47 Å². The number of hydrogen-bond acceptors (Lipinski definition) is 4. The summed E-state index contributed by atoms with van der Waals surface area (Å²) in [6, 6.07) is 13.7. The molecule has 0 unspecified atom stereocenters. The van der Waals surface area contributed by atoms with E-state index in [4.69, 9.17) is 9.47 Å². The van der Waals surface area contributed by atoms with E-state index in [0.29, 0.717) is 17.1 Å². The molecule has 2 amide bonds. The third-order valence-corrected chi connectivity index (χ3v) is 3.38. The second-order valence-corrected chi connectivity index (χ2v) is 5.36. The minimum absolute atomic E-state index is 0.249. The Hall–Kier alpha value is -2.54. The predicted octanol–water partition coefficient (Wildman–Crippen LogP) is 2.30. The number of carbonyl (C=O) groups is 2. The topological polar surface area (TPSA) is 76.7 Å². The van der Waals surface area contributed by atoms with Crippen LogP contribution in [-0.4, -0.2) is 25.5 Å². The predicted molar refractivity (Wildman–Crippen MR) is 88.2 cm³/mol. The molecule has 23 heavy (non-hydrogen) atoms. The highest BCUT2D eigenvalue weighted by molar-refractivity contribution is 9.10. The highest BCUT2D eigenvalue weighted by Crippen LogP contribution is 2.25. The van der Waals surface area contributed by atoms with Gasteiger partial charge in [0.1, 0.15) is 0 Å². The van der Waals surface area contributed by atoms with Crippen molar-refractivity contribution in [1.29, 1.82) is 0 Å². The van der Waals surface area contributed by atoms with Crippen LogP contribution in [0.2, 0.25) is 0 Å². The molecule has 0 radical (unpaired) electrons. The third kappa shape index (κ3) is 5.00. The number of para-hydroxylation sites is 2. The number of benzene rings is 2. The van der Waals surface area contributed by atoms with Crippen LogP contribution in [0.15, 0.2) is 53.0 Å². The van der Waals surface area contributed by atoms with Crippen LogP contribution in [0, 0.1) is 0 Å². The molecule has 2 aromatic carbocycles. The van der Waals surface area contributed by atoms with Crippen LogP contribution >= 0.6 is 15.9 Å². The minimum atomic E-state index is -0.485. The second-order valence-electron chi connectivity index (χ2n) is 4.45. The molecule has 0 aliphatic carbocycles. The van der Waals surface area contributed by atoms with Gasteiger partial charge in [-0.15, -0.1) is 0 Å². The van der Waals surface area contributed by atoms with Crippen LogP contribution in [0.3, 0.4) is 0 Å². The molecule has 0 heterocycles. The van der Waals surface area contributed by atoms with Gasteiger partial charge in [0, 0.05) is 10.0 Å². The molecule has 0 fully saturated rings. The molecule has 120 valence electrons. The molecule has 0 saturated carbocycles. The Morgan fingerprint density at radius 3 is 2.30 bits per heavy atom. The number of methoxy groups -OCH3 is 1. The fourth-order valence-electron chi connectivity index (χ4n) is 1.72. The Bertz CT molecular complexity index is 689. The van der Waals surface area contributed by atoms with Crippen molar-refractivity contribution in [2.75, 3.05) is 13.7 Å². The maximum atomic E-state index is 11.8.